The zero-order valence-corrected chi connectivity index (χ0v) is 21.3. The van der Waals surface area contributed by atoms with Crippen LogP contribution in [-0.2, 0) is 0 Å². The highest BCUT2D eigenvalue weighted by atomic mass is 16.3. The second-order valence-corrected chi connectivity index (χ2v) is 10.5. The average Bonchev–Trinajstić information content (AvgIpc) is 3.69. The van der Waals surface area contributed by atoms with Crippen LogP contribution in [-0.4, -0.2) is 45.8 Å². The van der Waals surface area contributed by atoms with Crippen molar-refractivity contribution in [3.63, 3.8) is 0 Å². The molecule has 0 radical (unpaired) electrons. The van der Waals surface area contributed by atoms with E-state index in [2.05, 4.69) is 15.3 Å². The van der Waals surface area contributed by atoms with Crippen LogP contribution in [0.5, 0.6) is 0 Å². The van der Waals surface area contributed by atoms with E-state index in [1.807, 2.05) is 71.4 Å². The number of piperidine rings is 1. The molecule has 1 aliphatic heterocycles. The molecule has 0 spiro atoms. The van der Waals surface area contributed by atoms with Crippen LogP contribution in [0.2, 0.25) is 0 Å². The number of Topliss-reactive ketones (excluding diaryl/α,β-unsaturated/α-hetero) is 1. The fourth-order valence-electron chi connectivity index (χ4n) is 5.14. The van der Waals surface area contributed by atoms with Crippen molar-refractivity contribution in [2.75, 3.05) is 23.3 Å². The SMILES string of the molecule is O=C(CCC1CC1)c1ccc(-n2ncc3cc(NC(=O)c4ccc(N5CCC(O)CC5)cc4)ccc32)cc1. The second-order valence-electron chi connectivity index (χ2n) is 10.5. The topological polar surface area (TPSA) is 87.5 Å². The lowest BCUT2D eigenvalue weighted by atomic mass is 10.0. The molecule has 1 saturated heterocycles. The summed E-state index contributed by atoms with van der Waals surface area (Å²) in [5.74, 6) is 0.791. The van der Waals surface area contributed by atoms with Crippen molar-refractivity contribution in [3.8, 4) is 5.69 Å². The van der Waals surface area contributed by atoms with Crippen LogP contribution in [0.25, 0.3) is 16.6 Å². The lowest BCUT2D eigenvalue weighted by Crippen LogP contribution is -2.35. The molecule has 2 heterocycles. The highest BCUT2D eigenvalue weighted by Crippen LogP contribution is 2.34. The number of hydrogen-bond acceptors (Lipinski definition) is 5. The highest BCUT2D eigenvalue weighted by Gasteiger charge is 2.22. The number of anilines is 2. The Morgan fingerprint density at radius 2 is 1.55 bits per heavy atom. The van der Waals surface area contributed by atoms with Gasteiger partial charge in [-0.3, -0.25) is 9.59 Å². The summed E-state index contributed by atoms with van der Waals surface area (Å²) in [6, 6.07) is 21.0. The van der Waals surface area contributed by atoms with Crippen LogP contribution in [0.4, 0.5) is 11.4 Å². The number of rotatable bonds is 8. The molecule has 1 amide bonds. The van der Waals surface area contributed by atoms with Gasteiger partial charge in [0.05, 0.1) is 23.5 Å². The van der Waals surface area contributed by atoms with Crippen molar-refractivity contribution in [3.05, 3.63) is 84.1 Å². The first-order valence-electron chi connectivity index (χ1n) is 13.5. The normalized spacial score (nSPS) is 16.1. The maximum Gasteiger partial charge on any atom is 0.255 e. The van der Waals surface area contributed by atoms with Crippen molar-refractivity contribution in [1.29, 1.82) is 0 Å². The molecule has 1 aliphatic carbocycles. The Hall–Kier alpha value is -3.97. The average molecular weight is 509 g/mol. The van der Waals surface area contributed by atoms with Gasteiger partial charge < -0.3 is 15.3 Å². The lowest BCUT2D eigenvalue weighted by molar-refractivity contribution is 0.0976. The summed E-state index contributed by atoms with van der Waals surface area (Å²) in [4.78, 5) is 27.6. The molecule has 6 rings (SSSR count). The van der Waals surface area contributed by atoms with E-state index in [1.54, 1.807) is 6.20 Å². The van der Waals surface area contributed by atoms with E-state index >= 15 is 0 Å². The number of carbonyl (C=O) groups excluding carboxylic acids is 2. The maximum atomic E-state index is 12.9. The molecule has 2 fully saturated rings. The summed E-state index contributed by atoms with van der Waals surface area (Å²) in [6.45, 7) is 1.64. The molecule has 2 aliphatic rings. The first-order valence-corrected chi connectivity index (χ1v) is 13.5. The number of aliphatic hydroxyl groups is 1. The van der Waals surface area contributed by atoms with Gasteiger partial charge in [-0.05, 0) is 91.9 Å². The third-order valence-corrected chi connectivity index (χ3v) is 7.70. The third kappa shape index (κ3) is 5.34. The molecular weight excluding hydrogens is 476 g/mol. The van der Waals surface area contributed by atoms with Gasteiger partial charge in [0.1, 0.15) is 0 Å². The highest BCUT2D eigenvalue weighted by molar-refractivity contribution is 6.05. The van der Waals surface area contributed by atoms with E-state index in [0.29, 0.717) is 17.7 Å². The number of nitrogens with zero attached hydrogens (tertiary/aromatic N) is 3. The minimum Gasteiger partial charge on any atom is -0.393 e. The summed E-state index contributed by atoms with van der Waals surface area (Å²) in [5.41, 5.74) is 4.92. The van der Waals surface area contributed by atoms with Gasteiger partial charge in [0, 0.05) is 47.4 Å². The van der Waals surface area contributed by atoms with Gasteiger partial charge in [-0.15, -0.1) is 0 Å². The molecule has 3 aromatic carbocycles. The second kappa shape index (κ2) is 10.4. The monoisotopic (exact) mass is 508 g/mol. The van der Waals surface area contributed by atoms with Crippen molar-refractivity contribution < 1.29 is 14.7 Å². The van der Waals surface area contributed by atoms with Crippen LogP contribution in [0.3, 0.4) is 0 Å². The zero-order chi connectivity index (χ0) is 26.1. The van der Waals surface area contributed by atoms with Crippen molar-refractivity contribution >= 4 is 34.0 Å². The molecule has 194 valence electrons. The Balaban J connectivity index is 1.11. The van der Waals surface area contributed by atoms with Gasteiger partial charge in [-0.1, -0.05) is 12.8 Å². The Morgan fingerprint density at radius 1 is 0.868 bits per heavy atom. The molecule has 4 aromatic rings. The fraction of sp³-hybridized carbons (Fsp3) is 0.323. The van der Waals surface area contributed by atoms with Gasteiger partial charge in [-0.25, -0.2) is 4.68 Å². The number of aromatic nitrogens is 2. The minimum atomic E-state index is -0.210. The van der Waals surface area contributed by atoms with Crippen LogP contribution >= 0.6 is 0 Å². The third-order valence-electron chi connectivity index (χ3n) is 7.70. The number of aliphatic hydroxyl groups excluding tert-OH is 1. The fourth-order valence-corrected chi connectivity index (χ4v) is 5.14. The van der Waals surface area contributed by atoms with E-state index in [9.17, 15) is 14.7 Å². The Kier molecular flexibility index (Phi) is 6.68. The zero-order valence-electron chi connectivity index (χ0n) is 21.3. The maximum absolute atomic E-state index is 12.9. The van der Waals surface area contributed by atoms with Crippen LogP contribution in [0, 0.1) is 5.92 Å². The van der Waals surface area contributed by atoms with E-state index in [1.165, 1.54) is 12.8 Å². The molecule has 0 unspecified atom stereocenters. The standard InChI is InChI=1S/C31H32N4O3/c36-28-15-17-34(18-16-28)26-9-6-23(7-10-26)31(38)33-25-8-13-29-24(19-25)20-32-35(29)27-11-4-22(5-12-27)30(37)14-3-21-1-2-21/h4-13,19-21,28,36H,1-3,14-18H2,(H,33,38). The van der Waals surface area contributed by atoms with E-state index in [4.69, 9.17) is 0 Å². The van der Waals surface area contributed by atoms with Gasteiger partial charge in [0.25, 0.3) is 5.91 Å². The van der Waals surface area contributed by atoms with Gasteiger partial charge in [0.2, 0.25) is 0 Å². The number of benzene rings is 3. The molecule has 38 heavy (non-hydrogen) atoms. The van der Waals surface area contributed by atoms with Crippen molar-refractivity contribution in [2.45, 2.75) is 44.6 Å². The number of amides is 1. The van der Waals surface area contributed by atoms with Gasteiger partial charge >= 0.3 is 0 Å². The van der Waals surface area contributed by atoms with E-state index in [0.717, 1.165) is 66.1 Å². The molecule has 0 bridgehead atoms. The van der Waals surface area contributed by atoms with Crippen LogP contribution in [0.15, 0.2) is 72.9 Å². The summed E-state index contributed by atoms with van der Waals surface area (Å²) >= 11 is 0. The summed E-state index contributed by atoms with van der Waals surface area (Å²) in [7, 11) is 0. The van der Waals surface area contributed by atoms with Crippen LogP contribution in [0.1, 0.15) is 59.2 Å². The lowest BCUT2D eigenvalue weighted by Gasteiger charge is -2.31. The summed E-state index contributed by atoms with van der Waals surface area (Å²) < 4.78 is 1.84. The quantitative estimate of drug-likeness (QED) is 0.302. The smallest absolute Gasteiger partial charge is 0.255 e. The largest absolute Gasteiger partial charge is 0.393 e. The Bertz CT molecular complexity index is 1450. The summed E-state index contributed by atoms with van der Waals surface area (Å²) in [5, 5.41) is 18.2. The van der Waals surface area contributed by atoms with E-state index in [-0.39, 0.29) is 17.8 Å². The first kappa shape index (κ1) is 24.4. The number of hydrogen-bond donors (Lipinski definition) is 2. The van der Waals surface area contributed by atoms with Crippen molar-refractivity contribution in [1.82, 2.24) is 9.78 Å². The predicted octanol–water partition coefficient (Wildman–Crippen LogP) is 5.61. The van der Waals surface area contributed by atoms with Gasteiger partial charge in [-0.2, -0.15) is 5.10 Å². The molecule has 7 heteroatoms. The Morgan fingerprint density at radius 3 is 2.26 bits per heavy atom. The Labute approximate surface area is 222 Å². The molecule has 7 nitrogen and oxygen atoms in total. The molecule has 0 atom stereocenters. The molecule has 1 saturated carbocycles. The molecule has 1 aromatic heterocycles. The van der Waals surface area contributed by atoms with E-state index < -0.39 is 0 Å². The molecular formula is C31H32N4O3. The van der Waals surface area contributed by atoms with Gasteiger partial charge in [0.15, 0.2) is 5.78 Å². The minimum absolute atomic E-state index is 0.167. The van der Waals surface area contributed by atoms with Crippen LogP contribution < -0.4 is 10.2 Å². The number of carbonyl (C=O) groups is 2. The van der Waals surface area contributed by atoms with Crippen molar-refractivity contribution in [2.24, 2.45) is 5.92 Å². The summed E-state index contributed by atoms with van der Waals surface area (Å²) in [6.07, 6.45) is 7.27. The number of nitrogens with one attached hydrogen (secondary N) is 1. The number of fused-ring (bicyclic) bond motifs is 1. The predicted molar refractivity (Wildman–Crippen MR) is 149 cm³/mol. The first-order chi connectivity index (χ1) is 18.5. The number of ketones is 1. The molecule has 2 N–H and O–H groups in total.